The summed E-state index contributed by atoms with van der Waals surface area (Å²) < 4.78 is 26.4. The van der Waals surface area contributed by atoms with E-state index in [1.165, 1.54) is 9.21 Å². The Balaban J connectivity index is 1.83. The first-order valence-corrected chi connectivity index (χ1v) is 18.7. The lowest BCUT2D eigenvalue weighted by Gasteiger charge is -2.39. The van der Waals surface area contributed by atoms with Crippen LogP contribution >= 0.6 is 0 Å². The van der Waals surface area contributed by atoms with Gasteiger partial charge in [-0.3, -0.25) is 19.2 Å². The van der Waals surface area contributed by atoms with Crippen molar-refractivity contribution in [3.8, 4) is 0 Å². The molecule has 5 amide bonds. The van der Waals surface area contributed by atoms with Gasteiger partial charge in [0.15, 0.2) is 0 Å². The average molecular weight is 683 g/mol. The number of rotatable bonds is 13. The second-order valence-electron chi connectivity index (χ2n) is 16.2. The third kappa shape index (κ3) is 8.84. The van der Waals surface area contributed by atoms with Crippen LogP contribution in [0.15, 0.2) is 0 Å². The van der Waals surface area contributed by atoms with Gasteiger partial charge in [0.2, 0.25) is 27.6 Å². The predicted molar refractivity (Wildman–Crippen MR) is 180 cm³/mol. The molecule has 268 valence electrons. The molecule has 2 heterocycles. The topological polar surface area (TPSA) is 174 Å². The zero-order valence-corrected chi connectivity index (χ0v) is 30.8. The minimum Gasteiger partial charge on any atom is -0.350 e. The second kappa shape index (κ2) is 14.4. The van der Waals surface area contributed by atoms with Gasteiger partial charge in [0.05, 0.1) is 11.8 Å². The summed E-state index contributed by atoms with van der Waals surface area (Å²) >= 11 is 0. The molecule has 13 nitrogen and oxygen atoms in total. The van der Waals surface area contributed by atoms with Crippen molar-refractivity contribution in [1.82, 2.24) is 30.5 Å². The van der Waals surface area contributed by atoms with Crippen molar-refractivity contribution in [2.24, 2.45) is 28.1 Å². The number of nitrogens with one attached hydrogen (secondary N) is 4. The van der Waals surface area contributed by atoms with Crippen molar-refractivity contribution >= 4 is 39.6 Å². The number of unbranched alkanes of at least 4 members (excludes halogenated alkanes) is 1. The number of likely N-dealkylation sites (N-methyl/N-ethyl adjacent to an activating group) is 1. The van der Waals surface area contributed by atoms with E-state index in [1.54, 1.807) is 6.92 Å². The number of hydrogen-bond acceptors (Lipinski definition) is 7. The number of carbonyl (C=O) groups excluding carboxylic acids is 5. The highest BCUT2D eigenvalue weighted by Crippen LogP contribution is 2.65. The largest absolute Gasteiger partial charge is 0.350 e. The molecule has 14 heteroatoms. The van der Waals surface area contributed by atoms with Gasteiger partial charge in [-0.25, -0.2) is 13.2 Å². The van der Waals surface area contributed by atoms with Gasteiger partial charge in [0.1, 0.15) is 12.1 Å². The fraction of sp³-hybridized carbons (Fsp3) is 0.848. The monoisotopic (exact) mass is 682 g/mol. The normalized spacial score (nSPS) is 25.2. The molecule has 1 unspecified atom stereocenters. The van der Waals surface area contributed by atoms with Crippen LogP contribution in [-0.4, -0.2) is 103 Å². The molecule has 0 bridgehead atoms. The molecule has 0 aromatic rings. The van der Waals surface area contributed by atoms with Gasteiger partial charge in [-0.05, 0) is 47.8 Å². The summed E-state index contributed by atoms with van der Waals surface area (Å²) in [7, 11) is -3.38. The van der Waals surface area contributed by atoms with Crippen LogP contribution in [0.3, 0.4) is 0 Å². The van der Waals surface area contributed by atoms with Crippen molar-refractivity contribution in [2.75, 3.05) is 31.9 Å². The number of likely N-dealkylation sites (tertiary alicyclic amines) is 1. The fourth-order valence-electron chi connectivity index (χ4n) is 6.93. The Morgan fingerprint density at radius 1 is 0.936 bits per heavy atom. The van der Waals surface area contributed by atoms with Crippen molar-refractivity contribution in [2.45, 2.75) is 119 Å². The number of ketones is 1. The standard InChI is InChI=1S/C33H58N6O7S/c1-11-13-15-21(25(40)28(42)34-12-2)35-27(41)24-23-20(33(23,9)10)18-39(24)29(43)26(32(6,7)8)37-30(44)36-22(31(3,4)5)19-38-16-14-17-47(38,45)46/h20-24,26H,11-19H2,1-10H3,(H,34,42)(H,35,41)(H2,36,37,44)/t20-,21?,22+,23-,24-,26+/m0/s1. The van der Waals surface area contributed by atoms with E-state index in [0.717, 1.165) is 6.42 Å². The molecule has 2 saturated heterocycles. The molecule has 0 radical (unpaired) electrons. The van der Waals surface area contributed by atoms with E-state index in [-0.39, 0.29) is 36.1 Å². The van der Waals surface area contributed by atoms with Gasteiger partial charge in [-0.15, -0.1) is 0 Å². The highest BCUT2D eigenvalue weighted by molar-refractivity contribution is 7.89. The van der Waals surface area contributed by atoms with Gasteiger partial charge in [0.25, 0.3) is 5.91 Å². The van der Waals surface area contributed by atoms with E-state index >= 15 is 0 Å². The zero-order valence-electron chi connectivity index (χ0n) is 30.0. The molecular weight excluding hydrogens is 624 g/mol. The molecule has 1 aliphatic carbocycles. The van der Waals surface area contributed by atoms with Gasteiger partial charge < -0.3 is 26.2 Å². The SMILES string of the molecule is CCCCC(NC(=O)[C@@H]1[C@@H]2[C@H](CN1C(=O)[C@@H](NC(=O)N[C@H](CN1CCCS1(=O)=O)C(C)(C)C)C(C)(C)C)C2(C)C)C(=O)C(=O)NCC. The van der Waals surface area contributed by atoms with Gasteiger partial charge in [-0.2, -0.15) is 4.31 Å². The Hall–Kier alpha value is -2.74. The summed E-state index contributed by atoms with van der Waals surface area (Å²) in [6.07, 6.45) is 2.24. The maximum atomic E-state index is 14.3. The Morgan fingerprint density at radius 2 is 1.57 bits per heavy atom. The molecule has 4 N–H and O–H groups in total. The highest BCUT2D eigenvalue weighted by Gasteiger charge is 2.70. The molecular formula is C33H58N6O7S. The van der Waals surface area contributed by atoms with Crippen molar-refractivity contribution < 1.29 is 32.4 Å². The zero-order chi connectivity index (χ0) is 35.7. The lowest BCUT2D eigenvalue weighted by Crippen LogP contribution is -2.62. The van der Waals surface area contributed by atoms with E-state index in [0.29, 0.717) is 32.4 Å². The van der Waals surface area contributed by atoms with E-state index < -0.39 is 74.6 Å². The molecule has 0 aromatic heterocycles. The van der Waals surface area contributed by atoms with Crippen molar-refractivity contribution in [1.29, 1.82) is 0 Å². The second-order valence-corrected chi connectivity index (χ2v) is 18.3. The fourth-order valence-corrected chi connectivity index (χ4v) is 8.47. The molecule has 3 rings (SSSR count). The highest BCUT2D eigenvalue weighted by atomic mass is 32.2. The molecule has 6 atom stereocenters. The third-order valence-electron chi connectivity index (χ3n) is 10.1. The van der Waals surface area contributed by atoms with Crippen LogP contribution in [0.4, 0.5) is 4.79 Å². The van der Waals surface area contributed by atoms with Crippen LogP contribution in [0.1, 0.15) is 94.9 Å². The molecule has 47 heavy (non-hydrogen) atoms. The Labute approximate surface area is 281 Å². The number of carbonyl (C=O) groups is 5. The number of piperidine rings is 1. The van der Waals surface area contributed by atoms with E-state index in [1.807, 2.05) is 48.5 Å². The van der Waals surface area contributed by atoms with Crippen LogP contribution in [-0.2, 0) is 29.2 Å². The minimum atomic E-state index is -3.38. The van der Waals surface area contributed by atoms with Crippen LogP contribution in [0, 0.1) is 28.1 Å². The minimum absolute atomic E-state index is 0.0671. The average Bonchev–Trinajstić information content (AvgIpc) is 3.25. The van der Waals surface area contributed by atoms with Crippen molar-refractivity contribution in [3.63, 3.8) is 0 Å². The summed E-state index contributed by atoms with van der Waals surface area (Å²) in [6.45, 7) is 20.1. The number of urea groups is 1. The molecule has 3 fully saturated rings. The molecule has 0 aromatic carbocycles. The maximum absolute atomic E-state index is 14.3. The number of Topliss-reactive ketones (excluding diaryl/α,β-unsaturated/α-hetero) is 1. The molecule has 2 aliphatic heterocycles. The van der Waals surface area contributed by atoms with Crippen molar-refractivity contribution in [3.05, 3.63) is 0 Å². The van der Waals surface area contributed by atoms with Gasteiger partial charge >= 0.3 is 6.03 Å². The molecule has 3 aliphatic rings. The first-order chi connectivity index (χ1) is 21.6. The van der Waals surface area contributed by atoms with Crippen LogP contribution in [0.25, 0.3) is 0 Å². The first kappa shape index (κ1) is 38.7. The Bertz CT molecular complexity index is 1320. The summed E-state index contributed by atoms with van der Waals surface area (Å²) in [6, 6.07) is -4.03. The molecule has 0 spiro atoms. The Kier molecular flexibility index (Phi) is 11.9. The van der Waals surface area contributed by atoms with E-state index in [9.17, 15) is 32.4 Å². The van der Waals surface area contributed by atoms with Crippen LogP contribution in [0.2, 0.25) is 0 Å². The number of hydrogen-bond donors (Lipinski definition) is 4. The number of fused-ring (bicyclic) bond motifs is 1. The molecule has 1 saturated carbocycles. The third-order valence-corrected chi connectivity index (χ3v) is 12.1. The van der Waals surface area contributed by atoms with Gasteiger partial charge in [-0.1, -0.05) is 75.2 Å². The lowest BCUT2D eigenvalue weighted by atomic mass is 9.85. The maximum Gasteiger partial charge on any atom is 0.315 e. The number of sulfonamides is 1. The smallest absolute Gasteiger partial charge is 0.315 e. The summed E-state index contributed by atoms with van der Waals surface area (Å²) in [4.78, 5) is 68.8. The summed E-state index contributed by atoms with van der Waals surface area (Å²) in [5.74, 6) is -2.34. The van der Waals surface area contributed by atoms with E-state index in [2.05, 4.69) is 35.1 Å². The quantitative estimate of drug-likeness (QED) is 0.215. The lowest BCUT2D eigenvalue weighted by molar-refractivity contribution is -0.145. The first-order valence-electron chi connectivity index (χ1n) is 17.1. The van der Waals surface area contributed by atoms with Gasteiger partial charge in [0, 0.05) is 32.2 Å². The van der Waals surface area contributed by atoms with E-state index in [4.69, 9.17) is 0 Å². The van der Waals surface area contributed by atoms with Crippen LogP contribution < -0.4 is 21.3 Å². The number of amides is 5. The predicted octanol–water partition coefficient (Wildman–Crippen LogP) is 2.01. The summed E-state index contributed by atoms with van der Waals surface area (Å²) in [5, 5.41) is 11.1. The van der Waals surface area contributed by atoms with Crippen LogP contribution in [0.5, 0.6) is 0 Å². The number of nitrogens with zero attached hydrogens (tertiary/aromatic N) is 2. The summed E-state index contributed by atoms with van der Waals surface area (Å²) in [5.41, 5.74) is -1.42. The Morgan fingerprint density at radius 3 is 2.09 bits per heavy atom.